The largest absolute Gasteiger partial charge is 0.481 e. The minimum Gasteiger partial charge on any atom is -0.481 e. The van der Waals surface area contributed by atoms with Gasteiger partial charge in [0.2, 0.25) is 0 Å². The average molecular weight is 374 g/mol. The molecule has 1 amide bonds. The Bertz CT molecular complexity index is 806. The summed E-state index contributed by atoms with van der Waals surface area (Å²) in [7, 11) is 0. The Balaban J connectivity index is 2.08. The number of ether oxygens (including phenoxy) is 1. The summed E-state index contributed by atoms with van der Waals surface area (Å²) in [5.41, 5.74) is 6.67. The molecule has 2 rings (SSSR count). The molecular formula is C22H28ClNO2. The molecular weight excluding hydrogens is 346 g/mol. The van der Waals surface area contributed by atoms with E-state index in [-0.39, 0.29) is 11.9 Å². The van der Waals surface area contributed by atoms with Crippen LogP contribution in [0.15, 0.2) is 24.3 Å². The zero-order chi connectivity index (χ0) is 19.6. The van der Waals surface area contributed by atoms with E-state index in [0.29, 0.717) is 5.75 Å². The molecule has 0 saturated heterocycles. The third-order valence-electron chi connectivity index (χ3n) is 4.80. The molecule has 2 atom stereocenters. The summed E-state index contributed by atoms with van der Waals surface area (Å²) >= 11 is 6.19. The molecule has 0 bridgehead atoms. The molecule has 0 aliphatic carbocycles. The van der Waals surface area contributed by atoms with Gasteiger partial charge in [-0.15, -0.1) is 0 Å². The summed E-state index contributed by atoms with van der Waals surface area (Å²) in [5, 5.41) is 3.78. The van der Waals surface area contributed by atoms with E-state index in [1.165, 1.54) is 16.7 Å². The fourth-order valence-electron chi connectivity index (χ4n) is 3.09. The second-order valence-electron chi connectivity index (χ2n) is 7.15. The Kier molecular flexibility index (Phi) is 6.35. The maximum atomic E-state index is 12.6. The maximum Gasteiger partial charge on any atom is 0.261 e. The van der Waals surface area contributed by atoms with Crippen LogP contribution in [-0.2, 0) is 4.79 Å². The zero-order valence-corrected chi connectivity index (χ0v) is 17.4. The fraction of sp³-hybridized carbons (Fsp3) is 0.409. The van der Waals surface area contributed by atoms with Crippen molar-refractivity contribution in [3.05, 3.63) is 62.7 Å². The van der Waals surface area contributed by atoms with Crippen LogP contribution in [-0.4, -0.2) is 12.0 Å². The second-order valence-corrected chi connectivity index (χ2v) is 7.53. The van der Waals surface area contributed by atoms with Crippen LogP contribution in [0.25, 0.3) is 0 Å². The molecule has 4 heteroatoms. The number of aryl methyl sites for hydroxylation is 5. The van der Waals surface area contributed by atoms with Gasteiger partial charge >= 0.3 is 0 Å². The summed E-state index contributed by atoms with van der Waals surface area (Å²) in [5.74, 6) is 0.516. The Morgan fingerprint density at radius 2 is 1.42 bits per heavy atom. The first kappa shape index (κ1) is 20.3. The molecule has 0 radical (unpaired) electrons. The van der Waals surface area contributed by atoms with Gasteiger partial charge in [0.1, 0.15) is 5.75 Å². The highest BCUT2D eigenvalue weighted by Crippen LogP contribution is 2.27. The molecule has 140 valence electrons. The van der Waals surface area contributed by atoms with Crippen LogP contribution in [0.2, 0.25) is 5.02 Å². The third kappa shape index (κ3) is 4.59. The first-order valence-corrected chi connectivity index (χ1v) is 9.29. The van der Waals surface area contributed by atoms with E-state index in [2.05, 4.69) is 38.2 Å². The van der Waals surface area contributed by atoms with Crippen LogP contribution < -0.4 is 10.1 Å². The minimum absolute atomic E-state index is 0.0819. The molecule has 0 spiro atoms. The lowest BCUT2D eigenvalue weighted by Crippen LogP contribution is -2.38. The number of amides is 1. The lowest BCUT2D eigenvalue weighted by atomic mass is 9.96. The summed E-state index contributed by atoms with van der Waals surface area (Å²) in [4.78, 5) is 12.6. The lowest BCUT2D eigenvalue weighted by molar-refractivity contribution is -0.127. The predicted octanol–water partition coefficient (Wildman–Crippen LogP) is 5.53. The molecule has 0 unspecified atom stereocenters. The number of rotatable bonds is 5. The van der Waals surface area contributed by atoms with Crippen molar-refractivity contribution >= 4 is 17.5 Å². The summed E-state index contributed by atoms with van der Waals surface area (Å²) < 4.78 is 5.83. The van der Waals surface area contributed by atoms with Crippen molar-refractivity contribution < 1.29 is 9.53 Å². The molecule has 0 aliphatic heterocycles. The van der Waals surface area contributed by atoms with Gasteiger partial charge in [-0.2, -0.15) is 0 Å². The van der Waals surface area contributed by atoms with Gasteiger partial charge in [0, 0.05) is 5.02 Å². The van der Waals surface area contributed by atoms with Crippen molar-refractivity contribution in [1.29, 1.82) is 0 Å². The van der Waals surface area contributed by atoms with Gasteiger partial charge in [-0.05, 0) is 94.0 Å². The van der Waals surface area contributed by atoms with E-state index in [1.54, 1.807) is 6.92 Å². The van der Waals surface area contributed by atoms with E-state index < -0.39 is 6.10 Å². The topological polar surface area (TPSA) is 38.3 Å². The molecule has 0 aliphatic rings. The first-order chi connectivity index (χ1) is 12.1. The van der Waals surface area contributed by atoms with Crippen LogP contribution in [0, 0.1) is 34.6 Å². The molecule has 2 aromatic rings. The van der Waals surface area contributed by atoms with Crippen molar-refractivity contribution in [1.82, 2.24) is 5.32 Å². The zero-order valence-electron chi connectivity index (χ0n) is 16.7. The fourth-order valence-corrected chi connectivity index (χ4v) is 3.20. The molecule has 0 heterocycles. The van der Waals surface area contributed by atoms with Crippen LogP contribution in [0.3, 0.4) is 0 Å². The highest BCUT2D eigenvalue weighted by atomic mass is 35.5. The van der Waals surface area contributed by atoms with E-state index in [1.807, 2.05) is 32.9 Å². The molecule has 2 aromatic carbocycles. The third-order valence-corrected chi connectivity index (χ3v) is 5.40. The number of halogens is 1. The number of hydrogen-bond acceptors (Lipinski definition) is 2. The Hall–Kier alpha value is -2.00. The number of carbonyl (C=O) groups is 1. The van der Waals surface area contributed by atoms with Gasteiger partial charge < -0.3 is 10.1 Å². The second kappa shape index (κ2) is 8.13. The van der Waals surface area contributed by atoms with Gasteiger partial charge in [0.15, 0.2) is 6.10 Å². The SMILES string of the molecule is Cc1cc(C)c([C@H](C)NC(=O)[C@@H](C)Oc2cc(C)c(Cl)c(C)c2)cc1C. The van der Waals surface area contributed by atoms with E-state index >= 15 is 0 Å². The van der Waals surface area contributed by atoms with Crippen LogP contribution in [0.5, 0.6) is 5.75 Å². The van der Waals surface area contributed by atoms with Crippen molar-refractivity contribution in [3.8, 4) is 5.75 Å². The lowest BCUT2D eigenvalue weighted by Gasteiger charge is -2.21. The molecule has 3 nitrogen and oxygen atoms in total. The highest BCUT2D eigenvalue weighted by Gasteiger charge is 2.19. The number of benzene rings is 2. The smallest absolute Gasteiger partial charge is 0.261 e. The number of hydrogen-bond donors (Lipinski definition) is 1. The molecule has 1 N–H and O–H groups in total. The van der Waals surface area contributed by atoms with Gasteiger partial charge in [-0.25, -0.2) is 0 Å². The van der Waals surface area contributed by atoms with Crippen molar-refractivity contribution in [2.75, 3.05) is 0 Å². The van der Waals surface area contributed by atoms with Crippen LogP contribution in [0.4, 0.5) is 0 Å². The number of nitrogens with one attached hydrogen (secondary N) is 1. The quantitative estimate of drug-likeness (QED) is 0.748. The van der Waals surface area contributed by atoms with Gasteiger partial charge in [-0.1, -0.05) is 23.7 Å². The molecule has 26 heavy (non-hydrogen) atoms. The summed E-state index contributed by atoms with van der Waals surface area (Å²) in [6.45, 7) is 13.9. The van der Waals surface area contributed by atoms with Crippen molar-refractivity contribution in [3.63, 3.8) is 0 Å². The van der Waals surface area contributed by atoms with Gasteiger partial charge in [0.25, 0.3) is 5.91 Å². The Morgan fingerprint density at radius 1 is 0.885 bits per heavy atom. The first-order valence-electron chi connectivity index (χ1n) is 8.91. The van der Waals surface area contributed by atoms with E-state index in [0.717, 1.165) is 21.7 Å². The molecule has 0 saturated carbocycles. The summed E-state index contributed by atoms with van der Waals surface area (Å²) in [6, 6.07) is 7.94. The number of carbonyl (C=O) groups excluding carboxylic acids is 1. The van der Waals surface area contributed by atoms with Crippen LogP contribution in [0.1, 0.15) is 53.3 Å². The molecule has 0 fully saturated rings. The normalized spacial score (nSPS) is 13.2. The highest BCUT2D eigenvalue weighted by molar-refractivity contribution is 6.32. The minimum atomic E-state index is -0.593. The standard InChI is InChI=1S/C22H28ClNO2/c1-12-8-14(3)20(11-13(12)2)17(6)24-22(25)18(7)26-19-9-15(4)21(23)16(5)10-19/h8-11,17-18H,1-7H3,(H,24,25)/t17-,18+/m0/s1. The Labute approximate surface area is 161 Å². The van der Waals surface area contributed by atoms with Crippen molar-refractivity contribution in [2.45, 2.75) is 60.6 Å². The van der Waals surface area contributed by atoms with Crippen molar-refractivity contribution in [2.24, 2.45) is 0 Å². The van der Waals surface area contributed by atoms with E-state index in [4.69, 9.17) is 16.3 Å². The molecule has 0 aromatic heterocycles. The van der Waals surface area contributed by atoms with Gasteiger partial charge in [0.05, 0.1) is 6.04 Å². The van der Waals surface area contributed by atoms with E-state index in [9.17, 15) is 4.79 Å². The monoisotopic (exact) mass is 373 g/mol. The summed E-state index contributed by atoms with van der Waals surface area (Å²) in [6.07, 6.45) is -0.593. The van der Waals surface area contributed by atoms with Gasteiger partial charge in [-0.3, -0.25) is 4.79 Å². The average Bonchev–Trinajstić information content (AvgIpc) is 2.55. The maximum absolute atomic E-state index is 12.6. The predicted molar refractivity (Wildman–Crippen MR) is 108 cm³/mol. The van der Waals surface area contributed by atoms with Crippen LogP contribution >= 0.6 is 11.6 Å². The Morgan fingerprint density at radius 3 is 2.00 bits per heavy atom.